The third-order valence-electron chi connectivity index (χ3n) is 3.02. The molecule has 1 fully saturated rings. The fourth-order valence-corrected chi connectivity index (χ4v) is 2.78. The normalized spacial score (nSPS) is 14.8. The molecular formula is C12H13FN4OS. The zero-order chi connectivity index (χ0) is 13.4. The quantitative estimate of drug-likeness (QED) is 0.893. The van der Waals surface area contributed by atoms with Crippen molar-refractivity contribution >= 4 is 11.8 Å². The molecule has 1 aliphatic carbocycles. The van der Waals surface area contributed by atoms with Crippen LogP contribution >= 0.6 is 11.8 Å². The van der Waals surface area contributed by atoms with Crippen LogP contribution in [0.5, 0.6) is 0 Å². The highest BCUT2D eigenvalue weighted by Crippen LogP contribution is 2.38. The molecule has 0 unspecified atom stereocenters. The van der Waals surface area contributed by atoms with Crippen LogP contribution in [0.25, 0.3) is 0 Å². The van der Waals surface area contributed by atoms with E-state index in [1.807, 2.05) is 0 Å². The largest absolute Gasteiger partial charge is 0.344 e. The zero-order valence-corrected chi connectivity index (χ0v) is 10.9. The molecule has 7 heteroatoms. The summed E-state index contributed by atoms with van der Waals surface area (Å²) in [4.78, 5) is 12.1. The number of nitrogens with one attached hydrogen (secondary N) is 1. The summed E-state index contributed by atoms with van der Waals surface area (Å²) >= 11 is 1.15. The lowest BCUT2D eigenvalue weighted by atomic mass is 10.2. The molecule has 1 aromatic carbocycles. The molecule has 19 heavy (non-hydrogen) atoms. The molecule has 0 atom stereocenters. The average Bonchev–Trinajstić information content (AvgIpc) is 3.17. The van der Waals surface area contributed by atoms with Crippen molar-refractivity contribution in [2.45, 2.75) is 35.5 Å². The van der Waals surface area contributed by atoms with E-state index in [1.165, 1.54) is 6.07 Å². The Balaban J connectivity index is 1.91. The van der Waals surface area contributed by atoms with Gasteiger partial charge in [0.05, 0.1) is 4.90 Å². The van der Waals surface area contributed by atoms with Crippen molar-refractivity contribution in [2.24, 2.45) is 5.73 Å². The van der Waals surface area contributed by atoms with Crippen molar-refractivity contribution < 1.29 is 4.39 Å². The fraction of sp³-hybridized carbons (Fsp3) is 0.333. The first-order valence-corrected chi connectivity index (χ1v) is 6.84. The van der Waals surface area contributed by atoms with Gasteiger partial charge >= 0.3 is 5.69 Å². The highest BCUT2D eigenvalue weighted by molar-refractivity contribution is 7.99. The molecule has 100 valence electrons. The predicted octanol–water partition coefficient (Wildman–Crippen LogP) is 1.66. The van der Waals surface area contributed by atoms with Crippen molar-refractivity contribution in [3.63, 3.8) is 0 Å². The van der Waals surface area contributed by atoms with Crippen LogP contribution in [0.15, 0.2) is 33.0 Å². The van der Waals surface area contributed by atoms with Gasteiger partial charge in [-0.25, -0.2) is 14.3 Å². The second-order valence-corrected chi connectivity index (χ2v) is 5.49. The van der Waals surface area contributed by atoms with E-state index in [1.54, 1.807) is 16.7 Å². The van der Waals surface area contributed by atoms with Crippen LogP contribution in [0.2, 0.25) is 0 Å². The first kappa shape index (κ1) is 12.4. The Morgan fingerprint density at radius 1 is 1.53 bits per heavy atom. The van der Waals surface area contributed by atoms with Gasteiger partial charge < -0.3 is 5.73 Å². The number of hydrogen-bond donors (Lipinski definition) is 2. The summed E-state index contributed by atoms with van der Waals surface area (Å²) in [6.07, 6.45) is 1.95. The zero-order valence-electron chi connectivity index (χ0n) is 10.1. The lowest BCUT2D eigenvalue weighted by molar-refractivity contribution is 0.597. The van der Waals surface area contributed by atoms with Gasteiger partial charge in [0.2, 0.25) is 0 Å². The summed E-state index contributed by atoms with van der Waals surface area (Å²) in [5, 5.41) is 6.87. The van der Waals surface area contributed by atoms with Crippen LogP contribution in [-0.2, 0) is 6.54 Å². The van der Waals surface area contributed by atoms with Crippen LogP contribution < -0.4 is 11.4 Å². The molecule has 0 bridgehead atoms. The first-order valence-electron chi connectivity index (χ1n) is 6.02. The second kappa shape index (κ2) is 4.82. The van der Waals surface area contributed by atoms with Crippen LogP contribution in [0.1, 0.15) is 24.4 Å². The van der Waals surface area contributed by atoms with Crippen LogP contribution in [0, 0.1) is 5.82 Å². The van der Waals surface area contributed by atoms with E-state index in [2.05, 4.69) is 10.2 Å². The maximum Gasteiger partial charge on any atom is 0.344 e. The molecule has 0 aliphatic heterocycles. The van der Waals surface area contributed by atoms with E-state index in [-0.39, 0.29) is 17.5 Å². The Labute approximate surface area is 113 Å². The fourth-order valence-electron chi connectivity index (χ4n) is 1.87. The molecule has 2 aromatic rings. The van der Waals surface area contributed by atoms with E-state index >= 15 is 0 Å². The van der Waals surface area contributed by atoms with Gasteiger partial charge in [0, 0.05) is 12.6 Å². The smallest absolute Gasteiger partial charge is 0.326 e. The summed E-state index contributed by atoms with van der Waals surface area (Å²) in [7, 11) is 0. The standard InChI is InChI=1S/C12H13FN4OS/c13-9-5-7(6-14)1-4-10(9)19-12-16-15-11(18)17(12)8-2-3-8/h1,4-5,8H,2-3,6,14H2,(H,15,18). The first-order chi connectivity index (χ1) is 9.19. The Morgan fingerprint density at radius 3 is 2.95 bits per heavy atom. The van der Waals surface area contributed by atoms with Gasteiger partial charge in [-0.2, -0.15) is 0 Å². The van der Waals surface area contributed by atoms with Crippen molar-refractivity contribution in [1.82, 2.24) is 14.8 Å². The molecule has 5 nitrogen and oxygen atoms in total. The maximum atomic E-state index is 13.9. The Morgan fingerprint density at radius 2 is 2.32 bits per heavy atom. The van der Waals surface area contributed by atoms with Gasteiger partial charge in [-0.05, 0) is 42.3 Å². The molecule has 0 radical (unpaired) electrons. The molecule has 0 amide bonds. The van der Waals surface area contributed by atoms with Crippen molar-refractivity contribution in [3.8, 4) is 0 Å². The monoisotopic (exact) mass is 280 g/mol. The minimum Gasteiger partial charge on any atom is -0.326 e. The molecule has 1 aromatic heterocycles. The third kappa shape index (κ3) is 2.43. The number of aromatic nitrogens is 3. The number of benzene rings is 1. The average molecular weight is 280 g/mol. The van der Waals surface area contributed by atoms with Gasteiger partial charge in [-0.3, -0.25) is 4.57 Å². The van der Waals surface area contributed by atoms with E-state index in [0.717, 1.165) is 30.2 Å². The summed E-state index contributed by atoms with van der Waals surface area (Å²) in [5.74, 6) is -0.342. The number of nitrogens with two attached hydrogens (primary N) is 1. The minimum atomic E-state index is -0.342. The van der Waals surface area contributed by atoms with Gasteiger partial charge in [0.1, 0.15) is 5.82 Å². The predicted molar refractivity (Wildman–Crippen MR) is 69.5 cm³/mol. The third-order valence-corrected chi connectivity index (χ3v) is 4.04. The number of nitrogens with zero attached hydrogens (tertiary/aromatic N) is 2. The highest BCUT2D eigenvalue weighted by atomic mass is 32.2. The number of H-pyrrole nitrogens is 1. The lowest BCUT2D eigenvalue weighted by Crippen LogP contribution is -2.16. The SMILES string of the molecule is NCc1ccc(Sc2n[nH]c(=O)n2C2CC2)c(F)c1. The Hall–Kier alpha value is -1.60. The molecular weight excluding hydrogens is 267 g/mol. The summed E-state index contributed by atoms with van der Waals surface area (Å²) in [6.45, 7) is 0.303. The van der Waals surface area contributed by atoms with Crippen molar-refractivity contribution in [3.05, 3.63) is 40.1 Å². The number of aromatic amines is 1. The molecule has 0 spiro atoms. The minimum absolute atomic E-state index is 0.208. The van der Waals surface area contributed by atoms with Crippen LogP contribution in [0.4, 0.5) is 4.39 Å². The summed E-state index contributed by atoms with van der Waals surface area (Å²) in [6, 6.07) is 5.06. The van der Waals surface area contributed by atoms with Crippen molar-refractivity contribution in [1.29, 1.82) is 0 Å². The van der Waals surface area contributed by atoms with Gasteiger partial charge in [-0.1, -0.05) is 6.07 Å². The Kier molecular flexibility index (Phi) is 3.16. The van der Waals surface area contributed by atoms with Gasteiger partial charge in [0.15, 0.2) is 5.16 Å². The second-order valence-electron chi connectivity index (χ2n) is 4.48. The van der Waals surface area contributed by atoms with E-state index in [9.17, 15) is 9.18 Å². The molecule has 1 aliphatic rings. The number of hydrogen-bond acceptors (Lipinski definition) is 4. The lowest BCUT2D eigenvalue weighted by Gasteiger charge is -2.05. The number of halogens is 1. The van der Waals surface area contributed by atoms with Gasteiger partial charge in [0.25, 0.3) is 0 Å². The van der Waals surface area contributed by atoms with E-state index in [0.29, 0.717) is 16.6 Å². The van der Waals surface area contributed by atoms with Crippen LogP contribution in [0.3, 0.4) is 0 Å². The van der Waals surface area contributed by atoms with E-state index in [4.69, 9.17) is 5.73 Å². The van der Waals surface area contributed by atoms with Crippen molar-refractivity contribution in [2.75, 3.05) is 0 Å². The molecule has 1 heterocycles. The molecule has 3 N–H and O–H groups in total. The summed E-state index contributed by atoms with van der Waals surface area (Å²) in [5.41, 5.74) is 5.97. The number of rotatable bonds is 4. The van der Waals surface area contributed by atoms with E-state index < -0.39 is 0 Å². The topological polar surface area (TPSA) is 76.7 Å². The summed E-state index contributed by atoms with van der Waals surface area (Å²) < 4.78 is 15.5. The maximum absolute atomic E-state index is 13.9. The molecule has 1 saturated carbocycles. The molecule has 0 saturated heterocycles. The Bertz CT molecular complexity index is 662. The van der Waals surface area contributed by atoms with Gasteiger partial charge in [-0.15, -0.1) is 5.10 Å². The van der Waals surface area contributed by atoms with Crippen LogP contribution in [-0.4, -0.2) is 14.8 Å². The highest BCUT2D eigenvalue weighted by Gasteiger charge is 2.29. The molecule has 3 rings (SSSR count).